The quantitative estimate of drug-likeness (QED) is 0.127. The zero-order valence-electron chi connectivity index (χ0n) is 24.3. The number of halogens is 1. The third-order valence-electron chi connectivity index (χ3n) is 7.83. The molecule has 21 heteroatoms. The minimum absolute atomic E-state index is 0.105. The molecule has 1 saturated heterocycles. The molecule has 2 aromatic rings. The van der Waals surface area contributed by atoms with Crippen molar-refractivity contribution in [3.8, 4) is 0 Å². The number of amides is 2. The van der Waals surface area contributed by atoms with Crippen LogP contribution in [0.2, 0.25) is 5.28 Å². The molecule has 0 spiro atoms. The smallest absolute Gasteiger partial charge is 0.369 e. The summed E-state index contributed by atoms with van der Waals surface area (Å²) in [5.74, 6) is -2.24. The van der Waals surface area contributed by atoms with Crippen molar-refractivity contribution in [3.05, 3.63) is 11.5 Å². The molecule has 18 nitrogen and oxygen atoms in total. The van der Waals surface area contributed by atoms with Gasteiger partial charge < -0.3 is 39.5 Å². The van der Waals surface area contributed by atoms with E-state index in [2.05, 4.69) is 29.5 Å². The number of aliphatic hydroxyl groups excluding tert-OH is 2. The van der Waals surface area contributed by atoms with Gasteiger partial charge >= 0.3 is 13.5 Å². The van der Waals surface area contributed by atoms with Crippen LogP contribution in [0.15, 0.2) is 10.6 Å². The van der Waals surface area contributed by atoms with E-state index in [0.29, 0.717) is 24.0 Å². The first-order valence-electron chi connectivity index (χ1n) is 14.1. The Balaban J connectivity index is 1.38. The van der Waals surface area contributed by atoms with Crippen LogP contribution in [0.1, 0.15) is 44.8 Å². The Kier molecular flexibility index (Phi) is 9.87. The molecule has 6 atom stereocenters. The maximum Gasteiger partial charge on any atom is 0.369 e. The van der Waals surface area contributed by atoms with E-state index < -0.39 is 72.4 Å². The Bertz CT molecular complexity index is 1620. The lowest BCUT2D eigenvalue weighted by atomic mass is 10.1. The fraction of sp³-hybridized carbons (Fsp3) is 0.708. The molecule has 0 aromatic carbocycles. The van der Waals surface area contributed by atoms with Gasteiger partial charge in [0.25, 0.3) is 5.34 Å². The summed E-state index contributed by atoms with van der Waals surface area (Å²) in [5, 5.41) is 26.5. The molecular weight excluding hydrogens is 661 g/mol. The third-order valence-corrected chi connectivity index (χ3v) is 10.5. The Morgan fingerprint density at radius 2 is 1.91 bits per heavy atom. The SMILES string of the molecule is COCC(OC[C@H]1O[C@@H](n2ncc3c(NC4CCCC4)nc(Cl)nc32)[C@H](O)[C@@H]1O)(C(=O)N=S(C)(=O)NC(=O)C1CC1)P(=O)(O)O. The van der Waals surface area contributed by atoms with Gasteiger partial charge in [-0.3, -0.25) is 18.9 Å². The van der Waals surface area contributed by atoms with E-state index in [1.807, 2.05) is 0 Å². The number of anilines is 1. The highest BCUT2D eigenvalue weighted by Crippen LogP contribution is 2.53. The number of nitrogens with one attached hydrogen (secondary N) is 2. The first-order valence-corrected chi connectivity index (χ1v) is 18.0. The summed E-state index contributed by atoms with van der Waals surface area (Å²) in [6.07, 6.45) is 1.39. The summed E-state index contributed by atoms with van der Waals surface area (Å²) in [5.41, 5.74) is 0.178. The normalized spacial score (nSPS) is 26.8. The van der Waals surface area contributed by atoms with Gasteiger partial charge in [0.2, 0.25) is 11.2 Å². The van der Waals surface area contributed by atoms with Gasteiger partial charge in [0.05, 0.1) is 24.8 Å². The van der Waals surface area contributed by atoms with Crippen molar-refractivity contribution >= 4 is 57.8 Å². The predicted molar refractivity (Wildman–Crippen MR) is 157 cm³/mol. The van der Waals surface area contributed by atoms with Gasteiger partial charge in [0, 0.05) is 25.3 Å². The monoisotopic (exact) mass is 695 g/mol. The largest absolute Gasteiger partial charge is 0.387 e. The molecule has 45 heavy (non-hydrogen) atoms. The van der Waals surface area contributed by atoms with Crippen molar-refractivity contribution in [2.75, 3.05) is 31.9 Å². The lowest BCUT2D eigenvalue weighted by Gasteiger charge is -2.31. The van der Waals surface area contributed by atoms with E-state index in [0.717, 1.165) is 39.0 Å². The Hall–Kier alpha value is -2.32. The topological polar surface area (TPSA) is 257 Å². The van der Waals surface area contributed by atoms with Crippen LogP contribution in [0.3, 0.4) is 0 Å². The van der Waals surface area contributed by atoms with Crippen molar-refractivity contribution in [2.45, 2.75) is 74.4 Å². The predicted octanol–water partition coefficient (Wildman–Crippen LogP) is 0.0560. The number of carbonyl (C=O) groups excluding carboxylic acids is 2. The Labute approximate surface area is 262 Å². The average Bonchev–Trinajstić information content (AvgIpc) is 3.42. The summed E-state index contributed by atoms with van der Waals surface area (Å²) >= 11 is 6.19. The number of ether oxygens (including phenoxy) is 3. The van der Waals surface area contributed by atoms with Crippen molar-refractivity contribution in [1.82, 2.24) is 24.5 Å². The van der Waals surface area contributed by atoms with Gasteiger partial charge in [-0.25, -0.2) is 8.89 Å². The van der Waals surface area contributed by atoms with Crippen LogP contribution in [0.4, 0.5) is 5.82 Å². The summed E-state index contributed by atoms with van der Waals surface area (Å²) in [4.78, 5) is 54.2. The standard InChI is InChI=1S/C24H35ClN7O11PS/c1-41-11-24(44(37,38)39,22(36)31-45(2,40)30-20(35)12-7-8-12)42-10-15-16(33)17(34)21(43-15)32-19-14(9-26-32)18(28-23(25)29-19)27-13-5-3-4-6-13/h9,12-13,15-17,21,33-34H,3-8,10-11H2,1-2H3,(H,27,28,29)(H2,37,38,39)(H,30,31,35,36,40)/t15-,16-,17-,21-,24?,45?/m1/s1. The first kappa shape index (κ1) is 34.0. The second-order valence-electron chi connectivity index (χ2n) is 11.4. The van der Waals surface area contributed by atoms with Crippen molar-refractivity contribution < 1.29 is 52.6 Å². The van der Waals surface area contributed by atoms with E-state index >= 15 is 0 Å². The van der Waals surface area contributed by atoms with Crippen LogP contribution in [0.5, 0.6) is 0 Å². The van der Waals surface area contributed by atoms with Crippen LogP contribution in [-0.4, -0.2) is 112 Å². The molecule has 6 N–H and O–H groups in total. The number of aromatic nitrogens is 4. The number of nitrogens with zero attached hydrogens (tertiary/aromatic N) is 5. The Morgan fingerprint density at radius 1 is 1.22 bits per heavy atom. The van der Waals surface area contributed by atoms with Gasteiger partial charge in [0.1, 0.15) is 34.0 Å². The molecular formula is C24H35ClN7O11PS. The van der Waals surface area contributed by atoms with E-state index in [4.69, 9.17) is 25.8 Å². The fourth-order valence-electron chi connectivity index (χ4n) is 5.27. The molecule has 5 rings (SSSR count). The van der Waals surface area contributed by atoms with Gasteiger partial charge in [0.15, 0.2) is 11.9 Å². The molecule has 0 bridgehead atoms. The number of methoxy groups -OCH3 is 1. The van der Waals surface area contributed by atoms with Crippen LogP contribution in [-0.2, 0) is 38.3 Å². The molecule has 0 radical (unpaired) electrons. The number of carbonyl (C=O) groups is 2. The van der Waals surface area contributed by atoms with Gasteiger partial charge in [-0.2, -0.15) is 15.1 Å². The average molecular weight is 696 g/mol. The molecule has 2 aliphatic carbocycles. The van der Waals surface area contributed by atoms with E-state index in [1.165, 1.54) is 10.9 Å². The summed E-state index contributed by atoms with van der Waals surface area (Å²) in [6, 6.07) is 0.186. The van der Waals surface area contributed by atoms with Gasteiger partial charge in [-0.1, -0.05) is 12.8 Å². The fourth-order valence-corrected chi connectivity index (χ4v) is 7.39. The highest BCUT2D eigenvalue weighted by molar-refractivity contribution is 7.91. The molecule has 3 heterocycles. The summed E-state index contributed by atoms with van der Waals surface area (Å²) in [7, 11) is -8.36. The lowest BCUT2D eigenvalue weighted by molar-refractivity contribution is -0.149. The van der Waals surface area contributed by atoms with E-state index in [-0.39, 0.29) is 22.9 Å². The van der Waals surface area contributed by atoms with Crippen LogP contribution < -0.4 is 10.0 Å². The third kappa shape index (κ3) is 7.17. The van der Waals surface area contributed by atoms with Crippen LogP contribution in [0, 0.1) is 5.92 Å². The maximum atomic E-state index is 13.2. The van der Waals surface area contributed by atoms with Crippen LogP contribution >= 0.6 is 19.2 Å². The summed E-state index contributed by atoms with van der Waals surface area (Å²) < 4.78 is 48.4. The van der Waals surface area contributed by atoms with Crippen LogP contribution in [0.25, 0.3) is 11.0 Å². The number of rotatable bonds is 12. The zero-order valence-corrected chi connectivity index (χ0v) is 26.8. The molecule has 1 aliphatic heterocycles. The first-order chi connectivity index (χ1) is 21.2. The number of hydrogen-bond donors (Lipinski definition) is 6. The number of fused-ring (bicyclic) bond motifs is 1. The van der Waals surface area contributed by atoms with Gasteiger partial charge in [-0.15, -0.1) is 4.36 Å². The number of aliphatic hydroxyl groups is 2. The number of hydrogen-bond acceptors (Lipinski definition) is 13. The lowest BCUT2D eigenvalue weighted by Crippen LogP contribution is -2.48. The minimum Gasteiger partial charge on any atom is -0.387 e. The highest BCUT2D eigenvalue weighted by atomic mass is 35.5. The molecule has 250 valence electrons. The van der Waals surface area contributed by atoms with Crippen molar-refractivity contribution in [3.63, 3.8) is 0 Å². The molecule has 3 fully saturated rings. The minimum atomic E-state index is -5.60. The van der Waals surface area contributed by atoms with Gasteiger partial charge in [-0.05, 0) is 37.3 Å². The molecule has 3 aliphatic rings. The Morgan fingerprint density at radius 3 is 2.53 bits per heavy atom. The van der Waals surface area contributed by atoms with Crippen molar-refractivity contribution in [1.29, 1.82) is 0 Å². The molecule has 2 unspecified atom stereocenters. The van der Waals surface area contributed by atoms with E-state index in [9.17, 15) is 38.4 Å². The van der Waals surface area contributed by atoms with E-state index in [1.54, 1.807) is 0 Å². The maximum absolute atomic E-state index is 13.2. The second kappa shape index (κ2) is 13.1. The summed E-state index contributed by atoms with van der Waals surface area (Å²) in [6.45, 7) is -1.91. The highest BCUT2D eigenvalue weighted by Gasteiger charge is 2.57. The molecule has 2 aromatic heterocycles. The zero-order chi connectivity index (χ0) is 32.7. The van der Waals surface area contributed by atoms with Crippen molar-refractivity contribution in [2.24, 2.45) is 10.3 Å². The second-order valence-corrected chi connectivity index (χ2v) is 15.5. The molecule has 2 amide bonds. The molecule has 2 saturated carbocycles.